The van der Waals surface area contributed by atoms with Gasteiger partial charge in [-0.2, -0.15) is 0 Å². The van der Waals surface area contributed by atoms with Gasteiger partial charge in [0.15, 0.2) is 0 Å². The molecule has 70 heavy (non-hydrogen) atoms. The van der Waals surface area contributed by atoms with E-state index in [0.717, 1.165) is 89.6 Å². The Labute approximate surface area is 403 Å². The van der Waals surface area contributed by atoms with Crippen LogP contribution in [0.15, 0.2) is 259 Å². The molecule has 12 aromatic carbocycles. The lowest BCUT2D eigenvalue weighted by Gasteiger charge is -2.27. The summed E-state index contributed by atoms with van der Waals surface area (Å²) in [6, 6.07) is 91.4. The Morgan fingerprint density at radius 3 is 1.41 bits per heavy atom. The number of benzene rings is 12. The number of para-hydroxylation sites is 2. The number of aromatic nitrogens is 2. The number of fused-ring (bicyclic) bond motifs is 9. The first-order valence-electron chi connectivity index (χ1n) is 23.8. The summed E-state index contributed by atoms with van der Waals surface area (Å²) in [5.74, 6) is 0.907. The minimum atomic E-state index is 0.878. The Bertz CT molecular complexity index is 4330. The van der Waals surface area contributed by atoms with Gasteiger partial charge >= 0.3 is 0 Å². The summed E-state index contributed by atoms with van der Waals surface area (Å²) in [6.07, 6.45) is 0. The maximum absolute atomic E-state index is 6.27. The van der Waals surface area contributed by atoms with E-state index in [4.69, 9.17) is 9.40 Å². The number of hydrogen-bond donors (Lipinski definition) is 0. The molecule has 0 aliphatic carbocycles. The molecule has 2 heterocycles. The van der Waals surface area contributed by atoms with E-state index in [2.05, 4.69) is 257 Å². The van der Waals surface area contributed by atoms with Crippen molar-refractivity contribution in [1.29, 1.82) is 0 Å². The monoisotopic (exact) mass is 894 g/mol. The first-order chi connectivity index (χ1) is 34.7. The summed E-state index contributed by atoms with van der Waals surface area (Å²) in [7, 11) is 0. The molecule has 0 unspecified atom stereocenters. The first kappa shape index (κ1) is 39.7. The molecule has 0 N–H and O–H groups in total. The van der Waals surface area contributed by atoms with Gasteiger partial charge in [-0.05, 0) is 146 Å². The maximum atomic E-state index is 6.27. The average Bonchev–Trinajstić information content (AvgIpc) is 4.00. The summed E-state index contributed by atoms with van der Waals surface area (Å²) in [4.78, 5) is 9.98. The lowest BCUT2D eigenvalue weighted by molar-refractivity contribution is 0.669. The van der Waals surface area contributed by atoms with Crippen LogP contribution >= 0.6 is 0 Å². The van der Waals surface area contributed by atoms with E-state index in [1.807, 2.05) is 12.1 Å². The van der Waals surface area contributed by atoms with Gasteiger partial charge in [0.1, 0.15) is 17.0 Å². The fourth-order valence-corrected chi connectivity index (χ4v) is 10.5. The molecule has 5 heteroatoms. The molecule has 0 bridgehead atoms. The molecule has 0 fully saturated rings. The molecule has 0 amide bonds. The van der Waals surface area contributed by atoms with Crippen LogP contribution in [0.3, 0.4) is 0 Å². The van der Waals surface area contributed by atoms with E-state index in [9.17, 15) is 0 Å². The second-order valence-corrected chi connectivity index (χ2v) is 18.0. The third kappa shape index (κ3) is 6.67. The number of hydrogen-bond acceptors (Lipinski definition) is 4. The van der Waals surface area contributed by atoms with Crippen LogP contribution in [0.2, 0.25) is 0 Å². The third-order valence-corrected chi connectivity index (χ3v) is 13.9. The van der Waals surface area contributed by atoms with E-state index in [0.29, 0.717) is 0 Å². The second-order valence-electron chi connectivity index (χ2n) is 18.0. The lowest BCUT2D eigenvalue weighted by Crippen LogP contribution is -2.10. The minimum Gasteiger partial charge on any atom is -0.456 e. The first-order valence-corrected chi connectivity index (χ1v) is 23.8. The van der Waals surface area contributed by atoms with E-state index in [-0.39, 0.29) is 0 Å². The predicted octanol–water partition coefficient (Wildman–Crippen LogP) is 18.1. The Hall–Kier alpha value is -9.45. The highest BCUT2D eigenvalue weighted by molar-refractivity contribution is 6.11. The van der Waals surface area contributed by atoms with Crippen molar-refractivity contribution >= 4 is 110 Å². The number of furan rings is 1. The van der Waals surface area contributed by atoms with Crippen LogP contribution in [-0.4, -0.2) is 9.55 Å². The van der Waals surface area contributed by atoms with Gasteiger partial charge in [-0.3, -0.25) is 4.57 Å². The van der Waals surface area contributed by atoms with Gasteiger partial charge in [-0.15, -0.1) is 0 Å². The van der Waals surface area contributed by atoms with Crippen molar-refractivity contribution in [2.45, 2.75) is 0 Å². The third-order valence-electron chi connectivity index (χ3n) is 13.9. The molecule has 0 atom stereocenters. The molecule has 0 aliphatic heterocycles. The van der Waals surface area contributed by atoms with Crippen LogP contribution in [0.25, 0.3) is 93.1 Å². The Balaban J connectivity index is 0.911. The van der Waals surface area contributed by atoms with Crippen LogP contribution in [0.4, 0.5) is 34.1 Å². The molecule has 0 aliphatic rings. The van der Waals surface area contributed by atoms with Crippen molar-refractivity contribution in [3.05, 3.63) is 255 Å². The quantitative estimate of drug-likeness (QED) is 0.142. The van der Waals surface area contributed by atoms with Crippen molar-refractivity contribution in [3.63, 3.8) is 0 Å². The standard InChI is InChI=1S/C65H42N4O/c1-3-15-45(16-4-1)65-66-61-35-31-56(42-62(61)69(65)50-19-5-2-6-20-50)68(52-28-26-44-14-8-10-18-47(44)38-52)54-30-34-58-49(40-54)24-23-48-39-53(29-33-57(48)58)67(51-27-25-43-13-7-9-17-46(43)37-51)55-32-36-64-60(41-55)59-21-11-12-22-63(59)70-64/h1-42H. The largest absolute Gasteiger partial charge is 0.456 e. The zero-order valence-corrected chi connectivity index (χ0v) is 37.9. The summed E-state index contributed by atoms with van der Waals surface area (Å²) in [5, 5.41) is 11.7. The van der Waals surface area contributed by atoms with Crippen LogP contribution in [0.1, 0.15) is 0 Å². The Morgan fingerprint density at radius 1 is 0.314 bits per heavy atom. The van der Waals surface area contributed by atoms with Crippen molar-refractivity contribution in [2.75, 3.05) is 9.80 Å². The molecular weight excluding hydrogens is 853 g/mol. The molecule has 328 valence electrons. The predicted molar refractivity (Wildman–Crippen MR) is 293 cm³/mol. The summed E-state index contributed by atoms with van der Waals surface area (Å²) in [6.45, 7) is 0. The highest BCUT2D eigenvalue weighted by atomic mass is 16.3. The zero-order chi connectivity index (χ0) is 46.1. The molecule has 0 radical (unpaired) electrons. The van der Waals surface area contributed by atoms with Crippen molar-refractivity contribution < 1.29 is 4.42 Å². The minimum absolute atomic E-state index is 0.878. The molecule has 14 rings (SSSR count). The van der Waals surface area contributed by atoms with Gasteiger partial charge in [-0.25, -0.2) is 4.98 Å². The fraction of sp³-hybridized carbons (Fsp3) is 0. The molecule has 5 nitrogen and oxygen atoms in total. The van der Waals surface area contributed by atoms with Crippen LogP contribution < -0.4 is 9.80 Å². The average molecular weight is 895 g/mol. The zero-order valence-electron chi connectivity index (χ0n) is 37.9. The second kappa shape index (κ2) is 16.1. The number of imidazole rings is 1. The number of anilines is 6. The summed E-state index contributed by atoms with van der Waals surface area (Å²) >= 11 is 0. The molecule has 2 aromatic heterocycles. The normalized spacial score (nSPS) is 11.7. The van der Waals surface area contributed by atoms with E-state index >= 15 is 0 Å². The lowest BCUT2D eigenvalue weighted by atomic mass is 9.99. The van der Waals surface area contributed by atoms with E-state index < -0.39 is 0 Å². The SMILES string of the molecule is c1ccc(-c2nc3ccc(N(c4ccc5ccccc5c4)c4ccc5c(ccc6cc(N(c7ccc8ccccc8c7)c7ccc8oc9ccccc9c8c7)ccc65)c4)cc3n2-c2ccccc2)cc1. The van der Waals surface area contributed by atoms with E-state index in [1.165, 1.54) is 37.7 Å². The van der Waals surface area contributed by atoms with Crippen molar-refractivity contribution in [2.24, 2.45) is 0 Å². The molecule has 0 saturated carbocycles. The summed E-state index contributed by atoms with van der Waals surface area (Å²) in [5.41, 5.74) is 12.3. The smallest absolute Gasteiger partial charge is 0.145 e. The highest BCUT2D eigenvalue weighted by Crippen LogP contribution is 2.44. The number of nitrogens with zero attached hydrogens (tertiary/aromatic N) is 4. The van der Waals surface area contributed by atoms with Gasteiger partial charge in [0, 0.05) is 56.1 Å². The Kier molecular flexibility index (Phi) is 9.14. The Morgan fingerprint density at radius 2 is 0.771 bits per heavy atom. The topological polar surface area (TPSA) is 37.4 Å². The van der Waals surface area contributed by atoms with Crippen LogP contribution in [0.5, 0.6) is 0 Å². The van der Waals surface area contributed by atoms with Crippen molar-refractivity contribution in [1.82, 2.24) is 9.55 Å². The van der Waals surface area contributed by atoms with E-state index in [1.54, 1.807) is 0 Å². The van der Waals surface area contributed by atoms with Crippen LogP contribution in [-0.2, 0) is 0 Å². The number of rotatable bonds is 8. The molecule has 14 aromatic rings. The van der Waals surface area contributed by atoms with Gasteiger partial charge < -0.3 is 14.2 Å². The van der Waals surface area contributed by atoms with Gasteiger partial charge in [-0.1, -0.05) is 152 Å². The molecule has 0 saturated heterocycles. The summed E-state index contributed by atoms with van der Waals surface area (Å²) < 4.78 is 8.56. The maximum Gasteiger partial charge on any atom is 0.145 e. The van der Waals surface area contributed by atoms with Gasteiger partial charge in [0.05, 0.1) is 11.0 Å². The fourth-order valence-electron chi connectivity index (χ4n) is 10.5. The van der Waals surface area contributed by atoms with Gasteiger partial charge in [0.25, 0.3) is 0 Å². The van der Waals surface area contributed by atoms with Crippen molar-refractivity contribution in [3.8, 4) is 17.1 Å². The molecular formula is C65H42N4O. The van der Waals surface area contributed by atoms with Gasteiger partial charge in [0.2, 0.25) is 0 Å². The molecule has 0 spiro atoms. The highest BCUT2D eigenvalue weighted by Gasteiger charge is 2.21. The van der Waals surface area contributed by atoms with Crippen LogP contribution in [0, 0.1) is 0 Å².